The number of carbonyl (C=O) groups is 2. The van der Waals surface area contributed by atoms with E-state index in [-0.39, 0.29) is 12.5 Å². The highest BCUT2D eigenvalue weighted by molar-refractivity contribution is 5.84. The normalized spacial score (nSPS) is 27.4. The summed E-state index contributed by atoms with van der Waals surface area (Å²) in [6.45, 7) is 1.66. The lowest BCUT2D eigenvalue weighted by Gasteiger charge is -2.27. The fourth-order valence-corrected chi connectivity index (χ4v) is 2.57. The first kappa shape index (κ1) is 14.5. The molecule has 1 aliphatic heterocycles. The topological polar surface area (TPSA) is 89.6 Å². The lowest BCUT2D eigenvalue weighted by molar-refractivity contribution is -1.04. The zero-order valence-electron chi connectivity index (χ0n) is 11.6. The number of amides is 2. The van der Waals surface area contributed by atoms with Gasteiger partial charge in [-0.2, -0.15) is 0 Å². The van der Waals surface area contributed by atoms with Gasteiger partial charge in [0.2, 0.25) is 6.04 Å². The summed E-state index contributed by atoms with van der Waals surface area (Å²) >= 11 is 0. The number of rotatable bonds is 4. The molecule has 0 aromatic heterocycles. The van der Waals surface area contributed by atoms with Gasteiger partial charge < -0.3 is 10.5 Å². The number of hydrogen-bond donors (Lipinski definition) is 2. The van der Waals surface area contributed by atoms with Gasteiger partial charge in [-0.05, 0) is 17.7 Å². The van der Waals surface area contributed by atoms with Crippen LogP contribution in [0, 0.1) is 0 Å². The molecule has 3 atom stereocenters. The second kappa shape index (κ2) is 5.22. The van der Waals surface area contributed by atoms with Crippen LogP contribution >= 0.6 is 0 Å². The van der Waals surface area contributed by atoms with Gasteiger partial charge in [0.1, 0.15) is 18.2 Å². The first-order chi connectivity index (χ1) is 9.40. The smallest absolute Gasteiger partial charge is 0.353 e. The Morgan fingerprint density at radius 2 is 2.05 bits per heavy atom. The first-order valence-electron chi connectivity index (χ1n) is 6.48. The van der Waals surface area contributed by atoms with Gasteiger partial charge in [0, 0.05) is 13.3 Å². The number of carbonyl (C=O) groups excluding carboxylic acids is 2. The Morgan fingerprint density at radius 3 is 2.55 bits per heavy atom. The third-order valence-electron chi connectivity index (χ3n) is 4.01. The summed E-state index contributed by atoms with van der Waals surface area (Å²) < 4.78 is 4.16. The number of hydroxylamine groups is 3. The van der Waals surface area contributed by atoms with Crippen molar-refractivity contribution in [2.75, 3.05) is 13.7 Å². The second-order valence-corrected chi connectivity index (χ2v) is 5.08. The van der Waals surface area contributed by atoms with Gasteiger partial charge in [0.15, 0.2) is 0 Å². The van der Waals surface area contributed by atoms with Crippen LogP contribution in [0.3, 0.4) is 0 Å². The van der Waals surface area contributed by atoms with Gasteiger partial charge >= 0.3 is 5.91 Å². The second-order valence-electron chi connectivity index (χ2n) is 5.08. The maximum Gasteiger partial charge on any atom is 0.353 e. The monoisotopic (exact) mass is 279 g/mol. The quantitative estimate of drug-likeness (QED) is 0.630. The lowest BCUT2D eigenvalue weighted by atomic mass is 9.97. The molecule has 3 N–H and O–H groups in total. The van der Waals surface area contributed by atoms with Gasteiger partial charge in [-0.25, -0.2) is 10.0 Å². The van der Waals surface area contributed by atoms with E-state index in [0.717, 1.165) is 5.56 Å². The van der Waals surface area contributed by atoms with E-state index in [1.165, 1.54) is 6.92 Å². The molecule has 1 fully saturated rings. The van der Waals surface area contributed by atoms with E-state index in [1.54, 1.807) is 31.4 Å². The average molecular weight is 279 g/mol. The Hall–Kier alpha value is -1.92. The van der Waals surface area contributed by atoms with Crippen molar-refractivity contribution in [1.82, 2.24) is 0 Å². The van der Waals surface area contributed by atoms with Crippen LogP contribution in [0.15, 0.2) is 24.3 Å². The van der Waals surface area contributed by atoms with Gasteiger partial charge in [0.25, 0.3) is 5.91 Å². The molecule has 20 heavy (non-hydrogen) atoms. The minimum atomic E-state index is -0.939. The van der Waals surface area contributed by atoms with Crippen molar-refractivity contribution in [1.29, 1.82) is 0 Å². The maximum absolute atomic E-state index is 12.4. The molecule has 2 rings (SSSR count). The number of hydrogen-bond acceptors (Lipinski definition) is 4. The van der Waals surface area contributed by atoms with Crippen molar-refractivity contribution in [2.45, 2.75) is 25.3 Å². The van der Waals surface area contributed by atoms with Crippen LogP contribution < -0.4 is 10.5 Å². The van der Waals surface area contributed by atoms with Crippen molar-refractivity contribution in [3.63, 3.8) is 0 Å². The summed E-state index contributed by atoms with van der Waals surface area (Å²) in [4.78, 5) is 23.7. The Balaban J connectivity index is 2.24. The Labute approximate surface area is 117 Å². The standard InChI is InChI=1S/C14H18N2O4/c1-9(13(15)17)16(19)8-7-12(14(16)18)10-3-5-11(20-2)6-4-10/h3-6,9,12,19H,7-8H2,1-2H3,(H-,15,17)/p+1/t9?,12?,16-/m1/s1. The van der Waals surface area contributed by atoms with Crippen molar-refractivity contribution >= 4 is 11.8 Å². The van der Waals surface area contributed by atoms with E-state index in [4.69, 9.17) is 10.5 Å². The van der Waals surface area contributed by atoms with E-state index in [0.29, 0.717) is 12.2 Å². The average Bonchev–Trinajstić information content (AvgIpc) is 2.75. The highest BCUT2D eigenvalue weighted by Gasteiger charge is 2.53. The molecule has 0 bridgehead atoms. The number of ether oxygens (including phenoxy) is 1. The first-order valence-corrected chi connectivity index (χ1v) is 6.48. The van der Waals surface area contributed by atoms with Gasteiger partial charge in [-0.15, -0.1) is 4.65 Å². The van der Waals surface area contributed by atoms with E-state index < -0.39 is 22.5 Å². The summed E-state index contributed by atoms with van der Waals surface area (Å²) in [5.74, 6) is -0.792. The van der Waals surface area contributed by atoms with E-state index in [1.807, 2.05) is 0 Å². The predicted molar refractivity (Wildman–Crippen MR) is 70.9 cm³/mol. The van der Waals surface area contributed by atoms with Gasteiger partial charge in [-0.1, -0.05) is 12.1 Å². The summed E-state index contributed by atoms with van der Waals surface area (Å²) in [5.41, 5.74) is 6.01. The number of likely N-dealkylation sites (tertiary alicyclic amines) is 1. The SMILES string of the molecule is COc1ccc(C2CC[N@@+](O)(C(C)C(N)=O)C2=O)cc1. The third kappa shape index (κ3) is 2.28. The molecule has 0 aliphatic carbocycles. The molecule has 2 amide bonds. The summed E-state index contributed by atoms with van der Waals surface area (Å²) in [6, 6.07) is 6.19. The van der Waals surface area contributed by atoms with E-state index in [2.05, 4.69) is 0 Å². The van der Waals surface area contributed by atoms with Crippen LogP contribution in [-0.4, -0.2) is 41.4 Å². The van der Waals surface area contributed by atoms with Crippen molar-refractivity contribution in [3.05, 3.63) is 29.8 Å². The van der Waals surface area contributed by atoms with Crippen molar-refractivity contribution in [2.24, 2.45) is 5.73 Å². The lowest BCUT2D eigenvalue weighted by Crippen LogP contribution is -2.58. The molecular formula is C14H19N2O4+. The molecule has 0 saturated carbocycles. The van der Waals surface area contributed by atoms with E-state index >= 15 is 0 Å². The van der Waals surface area contributed by atoms with Crippen LogP contribution in [0.25, 0.3) is 0 Å². The number of nitrogens with two attached hydrogens (primary N) is 1. The number of methoxy groups -OCH3 is 1. The molecule has 108 valence electrons. The summed E-state index contributed by atoms with van der Waals surface area (Å²) in [5, 5.41) is 10.4. The van der Waals surface area contributed by atoms with Crippen LogP contribution in [0.4, 0.5) is 0 Å². The molecule has 1 aromatic rings. The highest BCUT2D eigenvalue weighted by Crippen LogP contribution is 2.34. The molecule has 6 heteroatoms. The molecule has 1 aliphatic rings. The van der Waals surface area contributed by atoms with Gasteiger partial charge in [-0.3, -0.25) is 4.79 Å². The minimum absolute atomic E-state index is 0.194. The summed E-state index contributed by atoms with van der Waals surface area (Å²) in [6.07, 6.45) is 0.485. The van der Waals surface area contributed by atoms with Crippen LogP contribution in [0.2, 0.25) is 0 Å². The molecule has 6 nitrogen and oxygen atoms in total. The fraction of sp³-hybridized carbons (Fsp3) is 0.429. The fourth-order valence-electron chi connectivity index (χ4n) is 2.57. The number of benzene rings is 1. The molecule has 0 radical (unpaired) electrons. The molecule has 1 saturated heterocycles. The largest absolute Gasteiger partial charge is 0.497 e. The third-order valence-corrected chi connectivity index (χ3v) is 4.01. The van der Waals surface area contributed by atoms with Crippen LogP contribution in [0.1, 0.15) is 24.8 Å². The van der Waals surface area contributed by atoms with E-state index in [9.17, 15) is 14.8 Å². The highest BCUT2D eigenvalue weighted by atomic mass is 16.6. The molecule has 0 spiro atoms. The maximum atomic E-state index is 12.4. The number of quaternary nitrogens is 1. The summed E-state index contributed by atoms with van der Waals surface area (Å²) in [7, 11) is 1.57. The molecule has 1 heterocycles. The molecule has 1 aromatic carbocycles. The zero-order chi connectivity index (χ0) is 14.9. The predicted octanol–water partition coefficient (Wildman–Crippen LogP) is 0.789. The van der Waals surface area contributed by atoms with Crippen molar-refractivity contribution in [3.8, 4) is 5.75 Å². The Bertz CT molecular complexity index is 528. The van der Waals surface area contributed by atoms with Gasteiger partial charge in [0.05, 0.1) is 7.11 Å². The molecular weight excluding hydrogens is 260 g/mol. The number of primary amides is 1. The number of nitrogens with zero attached hydrogens (tertiary/aromatic N) is 1. The van der Waals surface area contributed by atoms with Crippen LogP contribution in [0.5, 0.6) is 5.75 Å². The molecule has 2 unspecified atom stereocenters. The van der Waals surface area contributed by atoms with Crippen LogP contribution in [-0.2, 0) is 9.59 Å². The minimum Gasteiger partial charge on any atom is -0.497 e. The van der Waals surface area contributed by atoms with Crippen molar-refractivity contribution < 1.29 is 24.2 Å². The Morgan fingerprint density at radius 1 is 1.45 bits per heavy atom. The zero-order valence-corrected chi connectivity index (χ0v) is 11.6. The Kier molecular flexibility index (Phi) is 3.78.